The summed E-state index contributed by atoms with van der Waals surface area (Å²) in [6.45, 7) is 7.61. The maximum absolute atomic E-state index is 13.0. The lowest BCUT2D eigenvalue weighted by atomic mass is 10.1. The number of benzene rings is 2. The van der Waals surface area contributed by atoms with Gasteiger partial charge in [0.15, 0.2) is 0 Å². The van der Waals surface area contributed by atoms with Gasteiger partial charge in [0.05, 0.1) is 18.0 Å². The van der Waals surface area contributed by atoms with Crippen molar-refractivity contribution < 1.29 is 13.2 Å². The molecular formula is C21H28N2O3S. The molecule has 5 nitrogen and oxygen atoms in total. The van der Waals surface area contributed by atoms with Crippen molar-refractivity contribution in [3.05, 3.63) is 65.2 Å². The molecule has 0 heterocycles. The second-order valence-corrected chi connectivity index (χ2v) is 8.82. The SMILES string of the molecule is CC[C@@H](C(=O)N[C@@H](C)c1ccc(C)cc1)N(c1cccc(C)c1)S(C)(=O)=O. The summed E-state index contributed by atoms with van der Waals surface area (Å²) in [5.74, 6) is -0.308. The fourth-order valence-corrected chi connectivity index (χ4v) is 4.28. The van der Waals surface area contributed by atoms with Crippen LogP contribution in [0.2, 0.25) is 0 Å². The zero-order valence-corrected chi connectivity index (χ0v) is 17.4. The summed E-state index contributed by atoms with van der Waals surface area (Å²) in [6, 6.07) is 14.1. The second-order valence-electron chi connectivity index (χ2n) is 6.96. The first-order chi connectivity index (χ1) is 12.6. The zero-order valence-electron chi connectivity index (χ0n) is 16.6. The molecule has 1 amide bonds. The predicted octanol–water partition coefficient (Wildman–Crippen LogP) is 3.73. The first-order valence-corrected chi connectivity index (χ1v) is 10.9. The number of carbonyl (C=O) groups is 1. The minimum atomic E-state index is -3.62. The van der Waals surface area contributed by atoms with Crippen molar-refractivity contribution in [2.45, 2.75) is 46.2 Å². The van der Waals surface area contributed by atoms with Crippen LogP contribution < -0.4 is 9.62 Å². The number of hydrogen-bond donors (Lipinski definition) is 1. The summed E-state index contributed by atoms with van der Waals surface area (Å²) in [4.78, 5) is 13.0. The summed E-state index contributed by atoms with van der Waals surface area (Å²) >= 11 is 0. The van der Waals surface area contributed by atoms with Gasteiger partial charge in [0, 0.05) is 0 Å². The largest absolute Gasteiger partial charge is 0.348 e. The fourth-order valence-electron chi connectivity index (χ4n) is 3.07. The molecule has 2 aromatic rings. The summed E-state index contributed by atoms with van der Waals surface area (Å²) in [5.41, 5.74) is 3.56. The molecule has 0 unspecified atom stereocenters. The Morgan fingerprint density at radius 1 is 1.07 bits per heavy atom. The van der Waals surface area contributed by atoms with Crippen molar-refractivity contribution in [2.75, 3.05) is 10.6 Å². The van der Waals surface area contributed by atoms with E-state index in [1.165, 1.54) is 4.31 Å². The lowest BCUT2D eigenvalue weighted by molar-refractivity contribution is -0.122. The van der Waals surface area contributed by atoms with Gasteiger partial charge >= 0.3 is 0 Å². The lowest BCUT2D eigenvalue weighted by Gasteiger charge is -2.31. The van der Waals surface area contributed by atoms with Crippen LogP contribution in [-0.4, -0.2) is 26.6 Å². The molecule has 2 aromatic carbocycles. The maximum Gasteiger partial charge on any atom is 0.244 e. The van der Waals surface area contributed by atoms with Gasteiger partial charge in [-0.25, -0.2) is 8.42 Å². The van der Waals surface area contributed by atoms with Crippen LogP contribution in [0.15, 0.2) is 48.5 Å². The molecule has 0 saturated carbocycles. The first-order valence-electron chi connectivity index (χ1n) is 9.06. The van der Waals surface area contributed by atoms with Gasteiger partial charge in [0.1, 0.15) is 6.04 Å². The van der Waals surface area contributed by atoms with Gasteiger partial charge < -0.3 is 5.32 Å². The third kappa shape index (κ3) is 5.32. The van der Waals surface area contributed by atoms with Gasteiger partial charge in [0.25, 0.3) is 0 Å². The number of hydrogen-bond acceptors (Lipinski definition) is 3. The van der Waals surface area contributed by atoms with Gasteiger partial charge in [-0.05, 0) is 50.5 Å². The monoisotopic (exact) mass is 388 g/mol. The standard InChI is InChI=1S/C21H28N2O3S/c1-6-20(21(24)22-17(4)18-12-10-15(2)11-13-18)23(27(5,25)26)19-9-7-8-16(3)14-19/h7-14,17,20H,6H2,1-5H3,(H,22,24)/t17-,20-/m0/s1. The van der Waals surface area contributed by atoms with E-state index >= 15 is 0 Å². The topological polar surface area (TPSA) is 66.5 Å². The Kier molecular flexibility index (Phi) is 6.65. The third-order valence-electron chi connectivity index (χ3n) is 4.52. The van der Waals surface area contributed by atoms with Crippen LogP contribution in [0.3, 0.4) is 0 Å². The number of amides is 1. The third-order valence-corrected chi connectivity index (χ3v) is 5.70. The van der Waals surface area contributed by atoms with Crippen molar-refractivity contribution in [3.63, 3.8) is 0 Å². The highest BCUT2D eigenvalue weighted by Crippen LogP contribution is 2.24. The molecule has 0 saturated heterocycles. The zero-order chi connectivity index (χ0) is 20.2. The van der Waals surface area contributed by atoms with E-state index in [1.54, 1.807) is 18.2 Å². The van der Waals surface area contributed by atoms with Crippen LogP contribution in [0, 0.1) is 13.8 Å². The molecular weight excluding hydrogens is 360 g/mol. The molecule has 27 heavy (non-hydrogen) atoms. The normalized spacial score (nSPS) is 13.7. The maximum atomic E-state index is 13.0. The van der Waals surface area contributed by atoms with E-state index in [1.807, 2.05) is 58.0 Å². The number of anilines is 1. The van der Waals surface area contributed by atoms with Crippen LogP contribution in [-0.2, 0) is 14.8 Å². The van der Waals surface area contributed by atoms with Gasteiger partial charge in [-0.15, -0.1) is 0 Å². The molecule has 0 aromatic heterocycles. The molecule has 0 aliphatic rings. The van der Waals surface area contributed by atoms with Crippen LogP contribution in [0.4, 0.5) is 5.69 Å². The number of carbonyl (C=O) groups excluding carboxylic acids is 1. The Morgan fingerprint density at radius 2 is 1.70 bits per heavy atom. The lowest BCUT2D eigenvalue weighted by Crippen LogP contribution is -2.49. The van der Waals surface area contributed by atoms with Gasteiger partial charge in [-0.1, -0.05) is 48.9 Å². The highest BCUT2D eigenvalue weighted by Gasteiger charge is 2.32. The van der Waals surface area contributed by atoms with E-state index in [-0.39, 0.29) is 11.9 Å². The molecule has 0 radical (unpaired) electrons. The van der Waals surface area contributed by atoms with Crippen molar-refractivity contribution in [1.82, 2.24) is 5.32 Å². The Bertz CT molecular complexity index is 892. The smallest absolute Gasteiger partial charge is 0.244 e. The molecule has 0 spiro atoms. The number of nitrogens with one attached hydrogen (secondary N) is 1. The first kappa shape index (κ1) is 21.0. The fraction of sp³-hybridized carbons (Fsp3) is 0.381. The molecule has 6 heteroatoms. The van der Waals surface area contributed by atoms with E-state index in [4.69, 9.17) is 0 Å². The number of aryl methyl sites for hydroxylation is 2. The van der Waals surface area contributed by atoms with Crippen LogP contribution in [0.1, 0.15) is 43.0 Å². The number of nitrogens with zero attached hydrogens (tertiary/aromatic N) is 1. The van der Waals surface area contributed by atoms with E-state index < -0.39 is 16.1 Å². The van der Waals surface area contributed by atoms with E-state index in [9.17, 15) is 13.2 Å². The Hall–Kier alpha value is -2.34. The number of rotatable bonds is 7. The molecule has 2 atom stereocenters. The van der Waals surface area contributed by atoms with Crippen LogP contribution in [0.5, 0.6) is 0 Å². The Labute approximate surface area is 162 Å². The number of sulfonamides is 1. The second kappa shape index (κ2) is 8.57. The van der Waals surface area contributed by atoms with E-state index in [0.717, 1.165) is 22.9 Å². The molecule has 0 aliphatic carbocycles. The molecule has 146 valence electrons. The van der Waals surface area contributed by atoms with Crippen molar-refractivity contribution in [1.29, 1.82) is 0 Å². The van der Waals surface area contributed by atoms with Crippen LogP contribution in [0.25, 0.3) is 0 Å². The van der Waals surface area contributed by atoms with Crippen molar-refractivity contribution in [3.8, 4) is 0 Å². The summed E-state index contributed by atoms with van der Waals surface area (Å²) in [6.07, 6.45) is 1.50. The summed E-state index contributed by atoms with van der Waals surface area (Å²) < 4.78 is 26.2. The predicted molar refractivity (Wildman–Crippen MR) is 110 cm³/mol. The van der Waals surface area contributed by atoms with Crippen LogP contribution >= 0.6 is 0 Å². The minimum absolute atomic E-state index is 0.217. The average molecular weight is 389 g/mol. The van der Waals surface area contributed by atoms with Crippen molar-refractivity contribution in [2.24, 2.45) is 0 Å². The summed E-state index contributed by atoms with van der Waals surface area (Å²) in [7, 11) is -3.62. The van der Waals surface area contributed by atoms with E-state index in [0.29, 0.717) is 12.1 Å². The average Bonchev–Trinajstić information content (AvgIpc) is 2.58. The van der Waals surface area contributed by atoms with Gasteiger partial charge in [-0.2, -0.15) is 0 Å². The molecule has 0 bridgehead atoms. The molecule has 0 fully saturated rings. The Morgan fingerprint density at radius 3 is 2.22 bits per heavy atom. The molecule has 1 N–H and O–H groups in total. The highest BCUT2D eigenvalue weighted by molar-refractivity contribution is 7.92. The Balaban J connectivity index is 2.30. The highest BCUT2D eigenvalue weighted by atomic mass is 32.2. The quantitative estimate of drug-likeness (QED) is 0.786. The molecule has 2 rings (SSSR count). The van der Waals surface area contributed by atoms with E-state index in [2.05, 4.69) is 5.32 Å². The van der Waals surface area contributed by atoms with Gasteiger partial charge in [-0.3, -0.25) is 9.10 Å². The minimum Gasteiger partial charge on any atom is -0.348 e. The molecule has 0 aliphatic heterocycles. The van der Waals surface area contributed by atoms with Crippen molar-refractivity contribution >= 4 is 21.6 Å². The summed E-state index contributed by atoms with van der Waals surface area (Å²) in [5, 5.41) is 2.96. The van der Waals surface area contributed by atoms with Gasteiger partial charge in [0.2, 0.25) is 15.9 Å².